The van der Waals surface area contributed by atoms with Crippen LogP contribution < -0.4 is 10.1 Å². The summed E-state index contributed by atoms with van der Waals surface area (Å²) in [5.41, 5.74) is 2.71. The van der Waals surface area contributed by atoms with E-state index in [4.69, 9.17) is 37.7 Å². The minimum Gasteiger partial charge on any atom is -0.481 e. The highest BCUT2D eigenvalue weighted by Gasteiger charge is 2.19. The number of hydrogen-bond acceptors (Lipinski definition) is 5. The van der Waals surface area contributed by atoms with Crippen molar-refractivity contribution < 1.29 is 23.9 Å². The molecule has 0 aliphatic heterocycles. The van der Waals surface area contributed by atoms with Crippen LogP contribution in [0.15, 0.2) is 66.7 Å². The molecule has 0 unspecified atom stereocenters. The van der Waals surface area contributed by atoms with Crippen molar-refractivity contribution in [2.45, 2.75) is 0 Å². The van der Waals surface area contributed by atoms with Crippen LogP contribution in [-0.4, -0.2) is 37.0 Å². The van der Waals surface area contributed by atoms with Crippen molar-refractivity contribution >= 4 is 64.5 Å². The number of anilines is 1. The summed E-state index contributed by atoms with van der Waals surface area (Å²) in [6, 6.07) is 19.0. The third-order valence-corrected chi connectivity index (χ3v) is 6.30. The molecule has 0 spiro atoms. The summed E-state index contributed by atoms with van der Waals surface area (Å²) in [5.74, 6) is 0.562. The van der Waals surface area contributed by atoms with Crippen LogP contribution in [0, 0.1) is 0 Å². The number of para-hydroxylation sites is 1. The molecule has 0 saturated carbocycles. The number of aromatic nitrogens is 3. The van der Waals surface area contributed by atoms with Crippen LogP contribution in [0.5, 0.6) is 5.75 Å². The SMILES string of the molecule is O=C(Nc1ccc2ccccc2n1)c1ccc2nc(-c3c(Cl)cc(OCP(=O)(O)O)cc3Cl)[nH]c2c1. The summed E-state index contributed by atoms with van der Waals surface area (Å²) in [6.07, 6.45) is -0.802. The van der Waals surface area contributed by atoms with Crippen molar-refractivity contribution in [1.82, 2.24) is 15.0 Å². The number of aromatic amines is 1. The molecule has 0 radical (unpaired) electrons. The van der Waals surface area contributed by atoms with Crippen molar-refractivity contribution in [3.63, 3.8) is 0 Å². The van der Waals surface area contributed by atoms with Crippen LogP contribution in [0.4, 0.5) is 5.82 Å². The van der Waals surface area contributed by atoms with Crippen molar-refractivity contribution in [3.05, 3.63) is 82.3 Å². The lowest BCUT2D eigenvalue weighted by molar-refractivity contribution is 0.102. The number of halogens is 2. The largest absolute Gasteiger partial charge is 0.481 e. The van der Waals surface area contributed by atoms with Crippen molar-refractivity contribution in [3.8, 4) is 17.1 Å². The first-order valence-electron chi connectivity index (χ1n) is 10.5. The van der Waals surface area contributed by atoms with Gasteiger partial charge in [0, 0.05) is 10.9 Å². The fourth-order valence-electron chi connectivity index (χ4n) is 3.61. The van der Waals surface area contributed by atoms with Crippen molar-refractivity contribution in [2.24, 2.45) is 0 Å². The van der Waals surface area contributed by atoms with Gasteiger partial charge in [-0.05, 0) is 48.5 Å². The van der Waals surface area contributed by atoms with E-state index in [0.717, 1.165) is 10.9 Å². The molecule has 0 aliphatic rings. The number of nitrogens with zero attached hydrogens (tertiary/aromatic N) is 2. The summed E-state index contributed by atoms with van der Waals surface area (Å²) >= 11 is 12.7. The molecule has 0 bridgehead atoms. The highest BCUT2D eigenvalue weighted by molar-refractivity contribution is 7.51. The Kier molecular flexibility index (Phi) is 6.42. The number of fused-ring (bicyclic) bond motifs is 2. The lowest BCUT2D eigenvalue weighted by Gasteiger charge is -2.10. The predicted molar refractivity (Wildman–Crippen MR) is 139 cm³/mol. The molecule has 3 aromatic carbocycles. The number of carbonyl (C=O) groups is 1. The highest BCUT2D eigenvalue weighted by Crippen LogP contribution is 2.40. The predicted octanol–water partition coefficient (Wildman–Crippen LogP) is 5.85. The van der Waals surface area contributed by atoms with Gasteiger partial charge in [0.1, 0.15) is 17.4 Å². The molecule has 2 heterocycles. The first kappa shape index (κ1) is 24.2. The second-order valence-electron chi connectivity index (χ2n) is 7.86. The maximum absolute atomic E-state index is 12.9. The van der Waals surface area contributed by atoms with Gasteiger partial charge in [-0.3, -0.25) is 9.36 Å². The van der Waals surface area contributed by atoms with E-state index in [9.17, 15) is 9.36 Å². The van der Waals surface area contributed by atoms with Gasteiger partial charge in [-0.1, -0.05) is 41.4 Å². The van der Waals surface area contributed by atoms with E-state index in [-0.39, 0.29) is 21.7 Å². The Hall–Kier alpha value is -3.46. The van der Waals surface area contributed by atoms with E-state index in [1.807, 2.05) is 30.3 Å². The second kappa shape index (κ2) is 9.54. The number of imidazole rings is 1. The summed E-state index contributed by atoms with van der Waals surface area (Å²) in [7, 11) is -4.36. The Labute approximate surface area is 214 Å². The molecular weight excluding hydrogens is 526 g/mol. The Morgan fingerprint density at radius 2 is 1.72 bits per heavy atom. The molecule has 2 aromatic heterocycles. The molecule has 1 amide bonds. The summed E-state index contributed by atoms with van der Waals surface area (Å²) in [4.78, 5) is 42.9. The molecule has 12 heteroatoms. The molecule has 4 N–H and O–H groups in total. The number of H-pyrrole nitrogens is 1. The molecule has 0 atom stereocenters. The van der Waals surface area contributed by atoms with E-state index in [2.05, 4.69) is 20.3 Å². The van der Waals surface area contributed by atoms with E-state index in [0.29, 0.717) is 33.8 Å². The quantitative estimate of drug-likeness (QED) is 0.197. The fraction of sp³-hybridized carbons (Fsp3) is 0.0417. The fourth-order valence-corrected chi connectivity index (χ4v) is 4.57. The summed E-state index contributed by atoms with van der Waals surface area (Å²) < 4.78 is 16.1. The number of benzene rings is 3. The molecule has 0 fully saturated rings. The van der Waals surface area contributed by atoms with Gasteiger partial charge in [-0.25, -0.2) is 9.97 Å². The van der Waals surface area contributed by atoms with E-state index >= 15 is 0 Å². The summed E-state index contributed by atoms with van der Waals surface area (Å²) in [6.45, 7) is 0. The van der Waals surface area contributed by atoms with Gasteiger partial charge < -0.3 is 24.8 Å². The maximum Gasteiger partial charge on any atom is 0.362 e. The normalized spacial score (nSPS) is 11.7. The Morgan fingerprint density at radius 3 is 2.47 bits per heavy atom. The number of hydrogen-bond donors (Lipinski definition) is 4. The molecule has 182 valence electrons. The van der Waals surface area contributed by atoms with Gasteiger partial charge >= 0.3 is 7.60 Å². The standard InChI is InChI=1S/C24H17Cl2N4O5P/c25-16-10-15(35-12-36(32,33)34)11-17(26)22(16)23-28-19-7-5-14(9-20(19)29-23)24(31)30-21-8-6-13-3-1-2-4-18(13)27-21/h1-11H,12H2,(H,28,29)(H,27,30,31)(H2,32,33,34). The van der Waals surface area contributed by atoms with Crippen LogP contribution in [0.3, 0.4) is 0 Å². The summed E-state index contributed by atoms with van der Waals surface area (Å²) in [5, 5.41) is 4.12. The number of amides is 1. The molecule has 9 nitrogen and oxygen atoms in total. The molecule has 5 rings (SSSR count). The molecule has 0 aliphatic carbocycles. The number of ether oxygens (including phenoxy) is 1. The average molecular weight is 543 g/mol. The van der Waals surface area contributed by atoms with Gasteiger partial charge in [-0.2, -0.15) is 0 Å². The van der Waals surface area contributed by atoms with Gasteiger partial charge in [0.2, 0.25) is 0 Å². The number of pyridine rings is 1. The molecule has 5 aromatic rings. The van der Waals surface area contributed by atoms with Gasteiger partial charge in [-0.15, -0.1) is 0 Å². The Morgan fingerprint density at radius 1 is 0.972 bits per heavy atom. The topological polar surface area (TPSA) is 137 Å². The Balaban J connectivity index is 1.40. The minimum absolute atomic E-state index is 0.106. The van der Waals surface area contributed by atoms with Gasteiger partial charge in [0.25, 0.3) is 5.91 Å². The van der Waals surface area contributed by atoms with Crippen LogP contribution in [0.25, 0.3) is 33.3 Å². The van der Waals surface area contributed by atoms with E-state index in [1.54, 1.807) is 24.3 Å². The zero-order valence-electron chi connectivity index (χ0n) is 18.3. The molecule has 0 saturated heterocycles. The van der Waals surface area contributed by atoms with E-state index in [1.165, 1.54) is 12.1 Å². The first-order valence-corrected chi connectivity index (χ1v) is 13.1. The Bertz CT molecular complexity index is 1660. The van der Waals surface area contributed by atoms with Crippen LogP contribution in [0.1, 0.15) is 10.4 Å². The van der Waals surface area contributed by atoms with Crippen LogP contribution in [0.2, 0.25) is 10.0 Å². The average Bonchev–Trinajstić information content (AvgIpc) is 3.24. The lowest BCUT2D eigenvalue weighted by Crippen LogP contribution is -2.12. The smallest absolute Gasteiger partial charge is 0.362 e. The number of rotatable bonds is 6. The number of nitrogens with one attached hydrogen (secondary N) is 2. The minimum atomic E-state index is -4.36. The van der Waals surface area contributed by atoms with Crippen LogP contribution >= 0.6 is 30.8 Å². The maximum atomic E-state index is 12.9. The van der Waals surface area contributed by atoms with Crippen molar-refractivity contribution in [2.75, 3.05) is 11.7 Å². The first-order chi connectivity index (χ1) is 17.2. The van der Waals surface area contributed by atoms with Crippen LogP contribution in [-0.2, 0) is 4.57 Å². The highest BCUT2D eigenvalue weighted by atomic mass is 35.5. The van der Waals surface area contributed by atoms with Gasteiger partial charge in [0.15, 0.2) is 6.35 Å². The zero-order valence-corrected chi connectivity index (χ0v) is 20.7. The molecule has 36 heavy (non-hydrogen) atoms. The third kappa shape index (κ3) is 5.21. The van der Waals surface area contributed by atoms with Gasteiger partial charge in [0.05, 0.1) is 32.2 Å². The lowest BCUT2D eigenvalue weighted by atomic mass is 10.2. The monoisotopic (exact) mass is 542 g/mol. The zero-order chi connectivity index (χ0) is 25.4. The number of carbonyl (C=O) groups excluding carboxylic acids is 1. The van der Waals surface area contributed by atoms with Crippen molar-refractivity contribution in [1.29, 1.82) is 0 Å². The third-order valence-electron chi connectivity index (χ3n) is 5.24. The second-order valence-corrected chi connectivity index (χ2v) is 10.3. The molecular formula is C24H17Cl2N4O5P. The van der Waals surface area contributed by atoms with E-state index < -0.39 is 13.9 Å².